The zero-order valence-electron chi connectivity index (χ0n) is 14.5. The molecule has 0 aliphatic carbocycles. The van der Waals surface area contributed by atoms with E-state index in [9.17, 15) is 4.79 Å². The lowest BCUT2D eigenvalue weighted by molar-refractivity contribution is -0.113. The summed E-state index contributed by atoms with van der Waals surface area (Å²) in [6.45, 7) is 4.05. The number of amides is 1. The lowest BCUT2D eigenvalue weighted by atomic mass is 10.1. The molecule has 0 atom stereocenters. The smallest absolute Gasteiger partial charge is 0.234 e. The molecule has 1 N–H and O–H groups in total. The molecule has 0 spiro atoms. The van der Waals surface area contributed by atoms with Crippen molar-refractivity contribution in [2.45, 2.75) is 18.9 Å². The average Bonchev–Trinajstić information content (AvgIpc) is 2.59. The summed E-state index contributed by atoms with van der Waals surface area (Å²) in [7, 11) is 1.64. The molecule has 0 unspecified atom stereocenters. The molecule has 4 nitrogen and oxygen atoms in total. The van der Waals surface area contributed by atoms with Gasteiger partial charge in [-0.3, -0.25) is 4.79 Å². The molecular weight excluding hydrogens is 332 g/mol. The third kappa shape index (κ3) is 4.31. The van der Waals surface area contributed by atoms with Crippen LogP contribution >= 0.6 is 11.8 Å². The van der Waals surface area contributed by atoms with E-state index < -0.39 is 0 Å². The largest absolute Gasteiger partial charge is 0.497 e. The maximum absolute atomic E-state index is 12.2. The van der Waals surface area contributed by atoms with Gasteiger partial charge in [-0.1, -0.05) is 23.9 Å². The number of aryl methyl sites for hydroxylation is 2. The Morgan fingerprint density at radius 2 is 2.00 bits per heavy atom. The predicted octanol–water partition coefficient (Wildman–Crippen LogP) is 4.59. The SMILES string of the molecule is COc1ccc2c(C)cc(SCC(=O)Nc3cccc(C)c3)nc2c1. The fraction of sp³-hybridized carbons (Fsp3) is 0.200. The lowest BCUT2D eigenvalue weighted by Crippen LogP contribution is -2.14. The molecule has 0 fully saturated rings. The van der Waals surface area contributed by atoms with E-state index in [-0.39, 0.29) is 5.91 Å². The number of pyridine rings is 1. The molecule has 0 saturated heterocycles. The van der Waals surface area contributed by atoms with E-state index in [2.05, 4.69) is 10.3 Å². The summed E-state index contributed by atoms with van der Waals surface area (Å²) in [5.74, 6) is 1.05. The zero-order chi connectivity index (χ0) is 17.8. The molecule has 2 aromatic carbocycles. The van der Waals surface area contributed by atoms with E-state index in [0.29, 0.717) is 5.75 Å². The Bertz CT molecular complexity index is 925. The van der Waals surface area contributed by atoms with Gasteiger partial charge in [0.25, 0.3) is 0 Å². The molecular formula is C20H20N2O2S. The van der Waals surface area contributed by atoms with Gasteiger partial charge in [0.1, 0.15) is 5.75 Å². The van der Waals surface area contributed by atoms with Crippen LogP contribution in [0.4, 0.5) is 5.69 Å². The summed E-state index contributed by atoms with van der Waals surface area (Å²) in [4.78, 5) is 16.8. The van der Waals surface area contributed by atoms with Crippen LogP contribution in [-0.4, -0.2) is 23.8 Å². The number of anilines is 1. The molecule has 3 aromatic rings. The molecule has 1 amide bonds. The minimum Gasteiger partial charge on any atom is -0.497 e. The van der Waals surface area contributed by atoms with Crippen LogP contribution in [-0.2, 0) is 4.79 Å². The summed E-state index contributed by atoms with van der Waals surface area (Å²) in [6.07, 6.45) is 0. The van der Waals surface area contributed by atoms with E-state index in [1.165, 1.54) is 11.8 Å². The molecule has 1 heterocycles. The number of carbonyl (C=O) groups is 1. The lowest BCUT2D eigenvalue weighted by Gasteiger charge is -2.08. The second-order valence-electron chi connectivity index (χ2n) is 5.87. The van der Waals surface area contributed by atoms with Gasteiger partial charge in [0.15, 0.2) is 0 Å². The first-order valence-electron chi connectivity index (χ1n) is 8.00. The first kappa shape index (κ1) is 17.3. The number of nitrogens with zero attached hydrogens (tertiary/aromatic N) is 1. The van der Waals surface area contributed by atoms with Gasteiger partial charge in [-0.15, -0.1) is 0 Å². The van der Waals surface area contributed by atoms with E-state index in [1.54, 1.807) is 7.11 Å². The minimum atomic E-state index is -0.0409. The highest BCUT2D eigenvalue weighted by atomic mass is 32.2. The van der Waals surface area contributed by atoms with Crippen molar-refractivity contribution in [3.05, 3.63) is 59.7 Å². The molecule has 0 aliphatic heterocycles. The highest BCUT2D eigenvalue weighted by Crippen LogP contribution is 2.26. The Morgan fingerprint density at radius 1 is 1.16 bits per heavy atom. The topological polar surface area (TPSA) is 51.2 Å². The van der Waals surface area contributed by atoms with Crippen LogP contribution in [0, 0.1) is 13.8 Å². The Morgan fingerprint density at radius 3 is 2.76 bits per heavy atom. The molecule has 0 bridgehead atoms. The van der Waals surface area contributed by atoms with E-state index in [1.807, 2.05) is 62.4 Å². The van der Waals surface area contributed by atoms with Crippen molar-refractivity contribution in [3.8, 4) is 5.75 Å². The molecule has 0 aliphatic rings. The Labute approximate surface area is 151 Å². The van der Waals surface area contributed by atoms with Gasteiger partial charge in [-0.25, -0.2) is 4.98 Å². The van der Waals surface area contributed by atoms with E-state index in [4.69, 9.17) is 4.74 Å². The molecule has 25 heavy (non-hydrogen) atoms. The van der Waals surface area contributed by atoms with Gasteiger partial charge in [0.05, 0.1) is 23.4 Å². The zero-order valence-corrected chi connectivity index (χ0v) is 15.3. The van der Waals surface area contributed by atoms with Crippen LogP contribution in [0.15, 0.2) is 53.6 Å². The third-order valence-corrected chi connectivity index (χ3v) is 4.76. The van der Waals surface area contributed by atoms with Crippen LogP contribution in [0.25, 0.3) is 10.9 Å². The van der Waals surface area contributed by atoms with Crippen LogP contribution in [0.5, 0.6) is 5.75 Å². The van der Waals surface area contributed by atoms with Crippen molar-refractivity contribution in [3.63, 3.8) is 0 Å². The number of fused-ring (bicyclic) bond motifs is 1. The van der Waals surface area contributed by atoms with Crippen LogP contribution in [0.1, 0.15) is 11.1 Å². The quantitative estimate of drug-likeness (QED) is 0.682. The molecule has 3 rings (SSSR count). The number of thioether (sulfide) groups is 1. The third-order valence-electron chi connectivity index (χ3n) is 3.85. The second kappa shape index (κ2) is 7.57. The van der Waals surface area contributed by atoms with Gasteiger partial charge in [-0.05, 0) is 55.3 Å². The summed E-state index contributed by atoms with van der Waals surface area (Å²) < 4.78 is 5.27. The van der Waals surface area contributed by atoms with Crippen LogP contribution in [0.3, 0.4) is 0 Å². The maximum Gasteiger partial charge on any atom is 0.234 e. The molecule has 128 valence electrons. The number of hydrogen-bond acceptors (Lipinski definition) is 4. The Balaban J connectivity index is 1.71. The fourth-order valence-corrected chi connectivity index (χ4v) is 3.39. The summed E-state index contributed by atoms with van der Waals surface area (Å²) in [6, 6.07) is 15.6. The number of nitrogens with one attached hydrogen (secondary N) is 1. The van der Waals surface area contributed by atoms with E-state index >= 15 is 0 Å². The second-order valence-corrected chi connectivity index (χ2v) is 6.86. The van der Waals surface area contributed by atoms with Crippen molar-refractivity contribution >= 4 is 34.3 Å². The van der Waals surface area contributed by atoms with E-state index in [0.717, 1.165) is 38.5 Å². The van der Waals surface area contributed by atoms with Crippen LogP contribution in [0.2, 0.25) is 0 Å². The molecule has 0 saturated carbocycles. The monoisotopic (exact) mass is 352 g/mol. The highest BCUT2D eigenvalue weighted by Gasteiger charge is 2.08. The number of methoxy groups -OCH3 is 1. The van der Waals surface area contributed by atoms with Crippen molar-refractivity contribution in [1.29, 1.82) is 0 Å². The first-order chi connectivity index (χ1) is 12.0. The van der Waals surface area contributed by atoms with Gasteiger partial charge in [-0.2, -0.15) is 0 Å². The van der Waals surface area contributed by atoms with Crippen molar-refractivity contribution in [2.75, 3.05) is 18.2 Å². The molecule has 0 radical (unpaired) electrons. The standard InChI is InChI=1S/C20H20N2O2S/c1-13-5-4-6-15(9-13)21-19(23)12-25-20-10-14(2)17-8-7-16(24-3)11-18(17)22-20/h4-11H,12H2,1-3H3,(H,21,23). The number of hydrogen-bond donors (Lipinski definition) is 1. The average molecular weight is 352 g/mol. The van der Waals surface area contributed by atoms with Gasteiger partial charge in [0, 0.05) is 17.1 Å². The summed E-state index contributed by atoms with van der Waals surface area (Å²) >= 11 is 1.43. The normalized spacial score (nSPS) is 10.7. The predicted molar refractivity (Wildman–Crippen MR) is 104 cm³/mol. The molecule has 5 heteroatoms. The number of ether oxygens (including phenoxy) is 1. The van der Waals surface area contributed by atoms with Crippen molar-refractivity contribution < 1.29 is 9.53 Å². The number of aromatic nitrogens is 1. The maximum atomic E-state index is 12.2. The van der Waals surface area contributed by atoms with Crippen molar-refractivity contribution in [2.24, 2.45) is 0 Å². The van der Waals surface area contributed by atoms with Gasteiger partial charge >= 0.3 is 0 Å². The number of benzene rings is 2. The molecule has 1 aromatic heterocycles. The van der Waals surface area contributed by atoms with Crippen LogP contribution < -0.4 is 10.1 Å². The summed E-state index contributed by atoms with van der Waals surface area (Å²) in [5, 5.41) is 4.84. The number of carbonyl (C=O) groups excluding carboxylic acids is 1. The Hall–Kier alpha value is -2.53. The fourth-order valence-electron chi connectivity index (χ4n) is 2.61. The first-order valence-corrected chi connectivity index (χ1v) is 8.98. The minimum absolute atomic E-state index is 0.0409. The highest BCUT2D eigenvalue weighted by molar-refractivity contribution is 7.99. The van der Waals surface area contributed by atoms with Gasteiger partial charge < -0.3 is 10.1 Å². The van der Waals surface area contributed by atoms with Crippen molar-refractivity contribution in [1.82, 2.24) is 4.98 Å². The van der Waals surface area contributed by atoms with Gasteiger partial charge in [0.2, 0.25) is 5.91 Å². The number of rotatable bonds is 5. The Kier molecular flexibility index (Phi) is 5.24. The summed E-state index contributed by atoms with van der Waals surface area (Å²) in [5.41, 5.74) is 3.94.